The Morgan fingerprint density at radius 2 is 2.38 bits per heavy atom. The number of ether oxygens (including phenoxy) is 1. The fraction of sp³-hybridized carbons (Fsp3) is 0.250. The topological polar surface area (TPSA) is 39.2 Å². The minimum atomic E-state index is -0.600. The van der Waals surface area contributed by atoms with Gasteiger partial charge in [0.25, 0.3) is 0 Å². The van der Waals surface area contributed by atoms with E-state index in [4.69, 9.17) is 4.74 Å². The van der Waals surface area contributed by atoms with Gasteiger partial charge in [0.2, 0.25) is 5.95 Å². The number of pyridine rings is 1. The fourth-order valence-corrected chi connectivity index (χ4v) is 1.40. The Bertz CT molecular complexity index is 330. The zero-order valence-electron chi connectivity index (χ0n) is 6.88. The molecule has 13 heavy (non-hydrogen) atoms. The third-order valence-corrected chi connectivity index (χ3v) is 2.13. The second-order valence-corrected chi connectivity index (χ2v) is 3.21. The van der Waals surface area contributed by atoms with E-state index in [0.29, 0.717) is 15.9 Å². The first kappa shape index (κ1) is 10.4. The van der Waals surface area contributed by atoms with E-state index in [0.717, 1.165) is 6.07 Å². The Morgan fingerprint density at radius 3 is 2.92 bits per heavy atom. The maximum Gasteiger partial charge on any atom is 0.340 e. The van der Waals surface area contributed by atoms with Crippen LogP contribution in [0.4, 0.5) is 4.39 Å². The average molecular weight is 295 g/mol. The van der Waals surface area contributed by atoms with E-state index in [9.17, 15) is 9.18 Å². The maximum absolute atomic E-state index is 12.5. The van der Waals surface area contributed by atoms with Gasteiger partial charge in [-0.1, -0.05) is 0 Å². The molecule has 1 rings (SSSR count). The number of carbonyl (C=O) groups excluding carboxylic acids is 1. The lowest BCUT2D eigenvalue weighted by molar-refractivity contribution is 0.0524. The highest BCUT2D eigenvalue weighted by Crippen LogP contribution is 2.11. The molecule has 0 fully saturated rings. The molecule has 0 amide bonds. The van der Waals surface area contributed by atoms with Gasteiger partial charge in [-0.3, -0.25) is 0 Å². The lowest BCUT2D eigenvalue weighted by Gasteiger charge is -2.02. The highest BCUT2D eigenvalue weighted by Gasteiger charge is 2.12. The lowest BCUT2D eigenvalue weighted by atomic mass is 10.3. The molecule has 0 saturated carbocycles. The van der Waals surface area contributed by atoms with Crippen molar-refractivity contribution in [3.8, 4) is 0 Å². The number of rotatable bonds is 2. The maximum atomic E-state index is 12.5. The molecular formula is C8H7FINO2. The van der Waals surface area contributed by atoms with Gasteiger partial charge in [0.15, 0.2) is 0 Å². The monoisotopic (exact) mass is 295 g/mol. The molecule has 1 aromatic rings. The van der Waals surface area contributed by atoms with Crippen LogP contribution in [0.1, 0.15) is 17.3 Å². The van der Waals surface area contributed by atoms with Crippen molar-refractivity contribution >= 4 is 28.6 Å². The summed E-state index contributed by atoms with van der Waals surface area (Å²) in [5.41, 5.74) is 0.295. The largest absolute Gasteiger partial charge is 0.462 e. The van der Waals surface area contributed by atoms with Gasteiger partial charge in [-0.25, -0.2) is 9.78 Å². The highest BCUT2D eigenvalue weighted by molar-refractivity contribution is 14.1. The molecule has 1 heterocycles. The third kappa shape index (κ3) is 2.61. The van der Waals surface area contributed by atoms with Gasteiger partial charge >= 0.3 is 5.97 Å². The van der Waals surface area contributed by atoms with Gasteiger partial charge in [-0.05, 0) is 41.6 Å². The molecule has 0 aromatic carbocycles. The predicted molar refractivity (Wildman–Crippen MR) is 52.9 cm³/mol. The van der Waals surface area contributed by atoms with E-state index < -0.39 is 11.9 Å². The average Bonchev–Trinajstić information content (AvgIpc) is 2.04. The van der Waals surface area contributed by atoms with Gasteiger partial charge in [0.05, 0.1) is 12.2 Å². The van der Waals surface area contributed by atoms with Crippen LogP contribution in [0.3, 0.4) is 0 Å². The SMILES string of the molecule is CCOC(=O)c1ccc(F)nc1I. The van der Waals surface area contributed by atoms with Crippen molar-refractivity contribution in [2.24, 2.45) is 0 Å². The quantitative estimate of drug-likeness (QED) is 0.476. The molecule has 5 heteroatoms. The van der Waals surface area contributed by atoms with Crippen LogP contribution < -0.4 is 0 Å². The summed E-state index contributed by atoms with van der Waals surface area (Å²) in [5.74, 6) is -1.07. The molecule has 0 spiro atoms. The van der Waals surface area contributed by atoms with Crippen molar-refractivity contribution in [3.05, 3.63) is 27.3 Å². The number of halogens is 2. The van der Waals surface area contributed by atoms with Crippen molar-refractivity contribution in [2.75, 3.05) is 6.61 Å². The summed E-state index contributed by atoms with van der Waals surface area (Å²) in [6.07, 6.45) is 0. The van der Waals surface area contributed by atoms with E-state index in [-0.39, 0.29) is 0 Å². The summed E-state index contributed by atoms with van der Waals surface area (Å²) in [6.45, 7) is 2.01. The minimum absolute atomic E-state index is 0.295. The molecule has 3 nitrogen and oxygen atoms in total. The van der Waals surface area contributed by atoms with Crippen LogP contribution in [0, 0.1) is 9.65 Å². The van der Waals surface area contributed by atoms with E-state index in [1.807, 2.05) is 0 Å². The Labute approximate surface area is 88.4 Å². The van der Waals surface area contributed by atoms with E-state index in [1.165, 1.54) is 6.07 Å². The molecule has 0 N–H and O–H groups in total. The zero-order chi connectivity index (χ0) is 9.84. The summed E-state index contributed by atoms with van der Waals surface area (Å²) in [7, 11) is 0. The Hall–Kier alpha value is -0.720. The predicted octanol–water partition coefficient (Wildman–Crippen LogP) is 2.00. The molecule has 0 aliphatic heterocycles. The van der Waals surface area contributed by atoms with Crippen molar-refractivity contribution < 1.29 is 13.9 Å². The lowest BCUT2D eigenvalue weighted by Crippen LogP contribution is -2.08. The third-order valence-electron chi connectivity index (χ3n) is 1.31. The van der Waals surface area contributed by atoms with Crippen LogP contribution in [0.25, 0.3) is 0 Å². The van der Waals surface area contributed by atoms with Crippen molar-refractivity contribution in [2.45, 2.75) is 6.92 Å². The molecule has 0 aliphatic carbocycles. The van der Waals surface area contributed by atoms with Gasteiger partial charge in [-0.15, -0.1) is 0 Å². The van der Waals surface area contributed by atoms with Crippen LogP contribution in [0.5, 0.6) is 0 Å². The number of esters is 1. The molecular weight excluding hydrogens is 288 g/mol. The van der Waals surface area contributed by atoms with Crippen LogP contribution in [0.2, 0.25) is 0 Å². The van der Waals surface area contributed by atoms with Crippen LogP contribution in [-0.2, 0) is 4.74 Å². The fourth-order valence-electron chi connectivity index (χ4n) is 0.773. The summed E-state index contributed by atoms with van der Waals surface area (Å²) < 4.78 is 17.6. The van der Waals surface area contributed by atoms with Crippen LogP contribution in [-0.4, -0.2) is 17.6 Å². The van der Waals surface area contributed by atoms with Gasteiger partial charge in [0, 0.05) is 0 Å². The first-order chi connectivity index (χ1) is 6.15. The highest BCUT2D eigenvalue weighted by atomic mass is 127. The van der Waals surface area contributed by atoms with Crippen LogP contribution >= 0.6 is 22.6 Å². The first-order valence-corrected chi connectivity index (χ1v) is 4.72. The Kier molecular flexibility index (Phi) is 3.58. The van der Waals surface area contributed by atoms with E-state index in [1.54, 1.807) is 29.5 Å². The normalized spacial score (nSPS) is 9.77. The summed E-state index contributed by atoms with van der Waals surface area (Å²) >= 11 is 1.79. The standard InChI is InChI=1S/C8H7FINO2/c1-2-13-8(12)5-3-4-6(9)11-7(5)10/h3-4H,2H2,1H3. The summed E-state index contributed by atoms with van der Waals surface area (Å²) in [5, 5.41) is 0. The number of nitrogens with zero attached hydrogens (tertiary/aromatic N) is 1. The number of hydrogen-bond acceptors (Lipinski definition) is 3. The second kappa shape index (κ2) is 4.50. The smallest absolute Gasteiger partial charge is 0.340 e. The Morgan fingerprint density at radius 1 is 1.69 bits per heavy atom. The molecule has 1 aromatic heterocycles. The Balaban J connectivity index is 2.95. The zero-order valence-corrected chi connectivity index (χ0v) is 9.04. The molecule has 0 radical (unpaired) electrons. The molecule has 0 saturated heterocycles. The number of hydrogen-bond donors (Lipinski definition) is 0. The van der Waals surface area contributed by atoms with Crippen molar-refractivity contribution in [1.29, 1.82) is 0 Å². The summed E-state index contributed by atoms with van der Waals surface area (Å²) in [6, 6.07) is 2.50. The molecule has 0 unspecified atom stereocenters. The van der Waals surface area contributed by atoms with Crippen molar-refractivity contribution in [3.63, 3.8) is 0 Å². The van der Waals surface area contributed by atoms with Crippen LogP contribution in [0.15, 0.2) is 12.1 Å². The number of carbonyl (C=O) groups is 1. The summed E-state index contributed by atoms with van der Waals surface area (Å²) in [4.78, 5) is 14.7. The molecule has 70 valence electrons. The van der Waals surface area contributed by atoms with Gasteiger partial charge in [0.1, 0.15) is 3.70 Å². The second-order valence-electron chi connectivity index (χ2n) is 2.19. The van der Waals surface area contributed by atoms with Gasteiger partial charge in [-0.2, -0.15) is 4.39 Å². The molecule has 0 aliphatic rings. The molecule has 0 atom stereocenters. The van der Waals surface area contributed by atoms with E-state index >= 15 is 0 Å². The molecule has 0 bridgehead atoms. The van der Waals surface area contributed by atoms with Gasteiger partial charge < -0.3 is 4.74 Å². The number of aromatic nitrogens is 1. The first-order valence-electron chi connectivity index (χ1n) is 3.64. The van der Waals surface area contributed by atoms with Crippen molar-refractivity contribution in [1.82, 2.24) is 4.98 Å². The van der Waals surface area contributed by atoms with E-state index in [2.05, 4.69) is 4.98 Å². The minimum Gasteiger partial charge on any atom is -0.462 e.